The Hall–Kier alpha value is -1.59. The smallest absolute Gasteiger partial charge is 0.323 e. The number of carboxylic acid groups (broad SMARTS) is 1. The quantitative estimate of drug-likeness (QED) is 0.539. The van der Waals surface area contributed by atoms with Gasteiger partial charge in [-0.05, 0) is 17.7 Å². The van der Waals surface area contributed by atoms with Crippen molar-refractivity contribution in [1.29, 1.82) is 0 Å². The lowest BCUT2D eigenvalue weighted by molar-refractivity contribution is -0.141. The zero-order valence-electron chi connectivity index (χ0n) is 7.29. The highest BCUT2D eigenvalue weighted by Crippen LogP contribution is 2.18. The molecule has 0 aliphatic carbocycles. The highest BCUT2D eigenvalue weighted by atomic mass is 16.4. The zero-order valence-corrected chi connectivity index (χ0v) is 7.29. The molecule has 0 amide bonds. The topological polar surface area (TPSA) is 104 Å². The van der Waals surface area contributed by atoms with Gasteiger partial charge in [-0.15, -0.1) is 0 Å². The highest BCUT2D eigenvalue weighted by molar-refractivity contribution is 5.74. The molecule has 5 nitrogen and oxygen atoms in total. The predicted molar refractivity (Wildman–Crippen MR) is 48.7 cm³/mol. The van der Waals surface area contributed by atoms with Gasteiger partial charge in [0.15, 0.2) is 0 Å². The van der Waals surface area contributed by atoms with Crippen LogP contribution in [0.2, 0.25) is 0 Å². The van der Waals surface area contributed by atoms with Gasteiger partial charge in [-0.3, -0.25) is 4.79 Å². The second kappa shape index (κ2) is 4.08. The van der Waals surface area contributed by atoms with E-state index in [9.17, 15) is 9.90 Å². The molecular formula is C9H11NO4. The van der Waals surface area contributed by atoms with Gasteiger partial charge in [0.1, 0.15) is 17.9 Å². The first kappa shape index (κ1) is 10.5. The summed E-state index contributed by atoms with van der Waals surface area (Å²) < 4.78 is 0. The molecule has 0 spiro atoms. The molecule has 0 aliphatic rings. The number of hydrogen-bond acceptors (Lipinski definition) is 4. The minimum absolute atomic E-state index is 0.0462. The number of aliphatic hydroxyl groups is 1. The number of benzene rings is 1. The summed E-state index contributed by atoms with van der Waals surface area (Å²) in [5.41, 5.74) is 5.58. The van der Waals surface area contributed by atoms with Crippen LogP contribution in [0.3, 0.4) is 0 Å². The van der Waals surface area contributed by atoms with Crippen molar-refractivity contribution in [1.82, 2.24) is 0 Å². The summed E-state index contributed by atoms with van der Waals surface area (Å²) in [5, 5.41) is 27.0. The summed E-state index contributed by atoms with van der Waals surface area (Å²) in [6, 6.07) is 4.19. The Labute approximate surface area is 80.4 Å². The van der Waals surface area contributed by atoms with Crippen molar-refractivity contribution in [3.05, 3.63) is 29.8 Å². The van der Waals surface area contributed by atoms with Gasteiger partial charge in [0, 0.05) is 0 Å². The molecule has 5 N–H and O–H groups in total. The fraction of sp³-hybridized carbons (Fsp3) is 0.222. The number of phenols is 1. The first-order valence-electron chi connectivity index (χ1n) is 3.97. The van der Waals surface area contributed by atoms with Gasteiger partial charge in [0.05, 0.1) is 0 Å². The normalized spacial score (nSPS) is 14.7. The van der Waals surface area contributed by atoms with Crippen LogP contribution in [0.4, 0.5) is 0 Å². The van der Waals surface area contributed by atoms with Crippen molar-refractivity contribution in [2.24, 2.45) is 5.73 Å². The SMILES string of the molecule is N[C@H](C(=O)O)[C@H](O)c1ccc(O)cc1. The van der Waals surface area contributed by atoms with Crippen LogP contribution < -0.4 is 5.73 Å². The summed E-state index contributed by atoms with van der Waals surface area (Å²) in [6.07, 6.45) is -1.27. The van der Waals surface area contributed by atoms with Crippen LogP contribution >= 0.6 is 0 Å². The molecule has 0 saturated carbocycles. The summed E-state index contributed by atoms with van der Waals surface area (Å²) >= 11 is 0. The lowest BCUT2D eigenvalue weighted by atomic mass is 10.0. The second-order valence-corrected chi connectivity index (χ2v) is 2.90. The van der Waals surface area contributed by atoms with E-state index >= 15 is 0 Å². The molecule has 0 saturated heterocycles. The molecule has 0 aliphatic heterocycles. The molecule has 14 heavy (non-hydrogen) atoms. The van der Waals surface area contributed by atoms with Crippen molar-refractivity contribution in [2.45, 2.75) is 12.1 Å². The van der Waals surface area contributed by atoms with Gasteiger partial charge in [0.25, 0.3) is 0 Å². The Morgan fingerprint density at radius 3 is 2.21 bits per heavy atom. The highest BCUT2D eigenvalue weighted by Gasteiger charge is 2.23. The Morgan fingerprint density at radius 1 is 1.29 bits per heavy atom. The number of hydrogen-bond donors (Lipinski definition) is 4. The third-order valence-electron chi connectivity index (χ3n) is 1.86. The first-order chi connectivity index (χ1) is 6.52. The van der Waals surface area contributed by atoms with Crippen molar-refractivity contribution >= 4 is 5.97 Å². The Bertz CT molecular complexity index is 322. The molecule has 76 valence electrons. The van der Waals surface area contributed by atoms with Crippen LogP contribution in [0.5, 0.6) is 5.75 Å². The van der Waals surface area contributed by atoms with Gasteiger partial charge in [-0.25, -0.2) is 0 Å². The molecular weight excluding hydrogens is 186 g/mol. The number of carboxylic acids is 1. The molecule has 0 heterocycles. The summed E-state index contributed by atoms with van der Waals surface area (Å²) in [5.74, 6) is -1.23. The average molecular weight is 197 g/mol. The molecule has 0 bridgehead atoms. The Morgan fingerprint density at radius 2 is 1.79 bits per heavy atom. The fourth-order valence-corrected chi connectivity index (χ4v) is 1.01. The number of phenolic OH excluding ortho intramolecular Hbond substituents is 1. The molecule has 1 aromatic carbocycles. The first-order valence-corrected chi connectivity index (χ1v) is 3.97. The maximum absolute atomic E-state index is 10.4. The van der Waals surface area contributed by atoms with Crippen LogP contribution in [-0.2, 0) is 4.79 Å². The number of aromatic hydroxyl groups is 1. The number of aliphatic hydroxyl groups excluding tert-OH is 1. The lowest BCUT2D eigenvalue weighted by Gasteiger charge is -2.14. The summed E-state index contributed by atoms with van der Waals surface area (Å²) in [4.78, 5) is 10.4. The van der Waals surface area contributed by atoms with E-state index in [0.717, 1.165) is 0 Å². The maximum atomic E-state index is 10.4. The van der Waals surface area contributed by atoms with Crippen LogP contribution in [0.15, 0.2) is 24.3 Å². The van der Waals surface area contributed by atoms with Crippen LogP contribution in [0.25, 0.3) is 0 Å². The Balaban J connectivity index is 2.84. The molecule has 0 aromatic heterocycles. The van der Waals surface area contributed by atoms with E-state index in [1.54, 1.807) is 0 Å². The monoisotopic (exact) mass is 197 g/mol. The number of carbonyl (C=O) groups is 1. The summed E-state index contributed by atoms with van der Waals surface area (Å²) in [6.45, 7) is 0. The van der Waals surface area contributed by atoms with Crippen molar-refractivity contribution < 1.29 is 20.1 Å². The number of aliphatic carboxylic acids is 1. The van der Waals surface area contributed by atoms with Gasteiger partial charge < -0.3 is 21.1 Å². The maximum Gasteiger partial charge on any atom is 0.323 e. The molecule has 0 fully saturated rings. The van der Waals surface area contributed by atoms with Gasteiger partial charge >= 0.3 is 5.97 Å². The summed E-state index contributed by atoms with van der Waals surface area (Å²) in [7, 11) is 0. The van der Waals surface area contributed by atoms with Crippen molar-refractivity contribution in [2.75, 3.05) is 0 Å². The van der Waals surface area contributed by atoms with Gasteiger partial charge in [-0.2, -0.15) is 0 Å². The molecule has 5 heteroatoms. The predicted octanol–water partition coefficient (Wildman–Crippen LogP) is -0.163. The van der Waals surface area contributed by atoms with Gasteiger partial charge in [-0.1, -0.05) is 12.1 Å². The van der Waals surface area contributed by atoms with Crippen LogP contribution in [0.1, 0.15) is 11.7 Å². The van der Waals surface area contributed by atoms with Crippen LogP contribution in [0, 0.1) is 0 Å². The third kappa shape index (κ3) is 2.21. The fourth-order valence-electron chi connectivity index (χ4n) is 1.01. The van der Waals surface area contributed by atoms with Crippen molar-refractivity contribution in [3.63, 3.8) is 0 Å². The minimum atomic E-state index is -1.36. The minimum Gasteiger partial charge on any atom is -0.508 e. The molecule has 2 atom stereocenters. The van der Waals surface area contributed by atoms with E-state index in [4.69, 9.17) is 15.9 Å². The van der Waals surface area contributed by atoms with E-state index in [1.807, 2.05) is 0 Å². The van der Waals surface area contributed by atoms with E-state index < -0.39 is 18.1 Å². The molecule has 0 radical (unpaired) electrons. The Kier molecular flexibility index (Phi) is 3.06. The second-order valence-electron chi connectivity index (χ2n) is 2.90. The zero-order chi connectivity index (χ0) is 10.7. The standard InChI is InChI=1S/C9H11NO4/c10-7(9(13)14)8(12)5-1-3-6(11)4-2-5/h1-4,7-8,11-12H,10H2,(H,13,14)/t7-,8+/m0/s1. The van der Waals surface area contributed by atoms with E-state index in [-0.39, 0.29) is 5.75 Å². The molecule has 1 rings (SSSR count). The van der Waals surface area contributed by atoms with Crippen molar-refractivity contribution in [3.8, 4) is 5.75 Å². The average Bonchev–Trinajstić information content (AvgIpc) is 2.16. The van der Waals surface area contributed by atoms with E-state index in [2.05, 4.69) is 0 Å². The van der Waals surface area contributed by atoms with E-state index in [1.165, 1.54) is 24.3 Å². The number of rotatable bonds is 3. The van der Waals surface area contributed by atoms with Gasteiger partial charge in [0.2, 0.25) is 0 Å². The molecule has 0 unspecified atom stereocenters. The lowest BCUT2D eigenvalue weighted by Crippen LogP contribution is -2.36. The third-order valence-corrected chi connectivity index (χ3v) is 1.86. The largest absolute Gasteiger partial charge is 0.508 e. The molecule has 1 aromatic rings. The number of nitrogens with two attached hydrogens (primary N) is 1. The van der Waals surface area contributed by atoms with E-state index in [0.29, 0.717) is 5.56 Å². The van der Waals surface area contributed by atoms with Crippen LogP contribution in [-0.4, -0.2) is 27.3 Å².